The lowest BCUT2D eigenvalue weighted by molar-refractivity contribution is -0.134. The molecular weight excluding hydrogens is 374 g/mol. The molecule has 1 fully saturated rings. The molecule has 4 nitrogen and oxygen atoms in total. The molecule has 30 heavy (non-hydrogen) atoms. The number of ether oxygens (including phenoxy) is 2. The summed E-state index contributed by atoms with van der Waals surface area (Å²) in [6.45, 7) is 3.23. The fourth-order valence-corrected chi connectivity index (χ4v) is 3.96. The van der Waals surface area contributed by atoms with Crippen LogP contribution in [0.15, 0.2) is 54.6 Å². The van der Waals surface area contributed by atoms with Crippen molar-refractivity contribution in [2.75, 3.05) is 6.54 Å². The van der Waals surface area contributed by atoms with Crippen LogP contribution < -0.4 is 14.8 Å². The van der Waals surface area contributed by atoms with Gasteiger partial charge in [-0.2, -0.15) is 0 Å². The number of carbonyl (C=O) groups excluding carboxylic acids is 1. The fraction of sp³-hybridized carbons (Fsp3) is 0.500. The molecule has 1 aliphatic heterocycles. The minimum Gasteiger partial charge on any atom is -0.482 e. The quantitative estimate of drug-likeness (QED) is 0.272. The summed E-state index contributed by atoms with van der Waals surface area (Å²) < 4.78 is 12.1. The van der Waals surface area contributed by atoms with E-state index in [2.05, 4.69) is 24.4 Å². The Morgan fingerprint density at radius 3 is 2.50 bits per heavy atom. The van der Waals surface area contributed by atoms with Crippen molar-refractivity contribution >= 4 is 5.97 Å². The summed E-state index contributed by atoms with van der Waals surface area (Å²) in [4.78, 5) is 12.3. The molecule has 2 aromatic carbocycles. The van der Waals surface area contributed by atoms with Crippen molar-refractivity contribution in [1.82, 2.24) is 5.32 Å². The topological polar surface area (TPSA) is 47.6 Å². The van der Waals surface area contributed by atoms with E-state index in [1.54, 1.807) is 0 Å². The van der Waals surface area contributed by atoms with Crippen LogP contribution in [0.3, 0.4) is 0 Å². The van der Waals surface area contributed by atoms with Gasteiger partial charge in [-0.05, 0) is 43.5 Å². The summed E-state index contributed by atoms with van der Waals surface area (Å²) in [5.41, 5.74) is 1.14. The van der Waals surface area contributed by atoms with E-state index in [1.807, 2.05) is 42.5 Å². The molecule has 1 aliphatic rings. The lowest BCUT2D eigenvalue weighted by atomic mass is 9.96. The van der Waals surface area contributed by atoms with Crippen LogP contribution in [0, 0.1) is 0 Å². The third kappa shape index (κ3) is 7.17. The molecule has 0 saturated carbocycles. The highest BCUT2D eigenvalue weighted by Crippen LogP contribution is 2.34. The molecule has 0 aliphatic carbocycles. The second-order valence-corrected chi connectivity index (χ2v) is 8.13. The minimum absolute atomic E-state index is 0.0915. The Balaban J connectivity index is 1.68. The van der Waals surface area contributed by atoms with E-state index in [4.69, 9.17) is 9.47 Å². The Bertz CT molecular complexity index is 756. The Hall–Kier alpha value is -2.33. The van der Waals surface area contributed by atoms with E-state index < -0.39 is 0 Å². The van der Waals surface area contributed by atoms with Crippen molar-refractivity contribution in [2.45, 2.75) is 76.9 Å². The van der Waals surface area contributed by atoms with E-state index in [1.165, 1.54) is 19.3 Å². The molecule has 3 rings (SSSR count). The average Bonchev–Trinajstić information content (AvgIpc) is 2.79. The smallest absolute Gasteiger partial charge is 0.311 e. The summed E-state index contributed by atoms with van der Waals surface area (Å²) >= 11 is 0. The van der Waals surface area contributed by atoms with Gasteiger partial charge in [0, 0.05) is 18.9 Å². The van der Waals surface area contributed by atoms with Gasteiger partial charge in [0.2, 0.25) is 0 Å². The second-order valence-electron chi connectivity index (χ2n) is 8.13. The SMILES string of the molecule is CCCCCCC(=O)Oc1ccccc1OC(CC1CCCCN1)c1ccccc1. The predicted molar refractivity (Wildman–Crippen MR) is 121 cm³/mol. The summed E-state index contributed by atoms with van der Waals surface area (Å²) in [7, 11) is 0. The standard InChI is InChI=1S/C26H35NO3/c1-2-3-4-8-18-26(28)30-24-17-10-9-16-23(24)29-25(21-13-6-5-7-14-21)20-22-15-11-12-19-27-22/h5-7,9-10,13-14,16-17,22,25,27H,2-4,8,11-12,15,18-20H2,1H3. The molecule has 1 saturated heterocycles. The number of esters is 1. The maximum Gasteiger partial charge on any atom is 0.311 e. The molecule has 0 spiro atoms. The summed E-state index contributed by atoms with van der Waals surface area (Å²) in [5, 5.41) is 3.62. The van der Waals surface area contributed by atoms with Crippen LogP contribution in [0.25, 0.3) is 0 Å². The maximum absolute atomic E-state index is 12.3. The first-order valence-electron chi connectivity index (χ1n) is 11.5. The average molecular weight is 410 g/mol. The van der Waals surface area contributed by atoms with Crippen LogP contribution in [-0.2, 0) is 4.79 Å². The summed E-state index contributed by atoms with van der Waals surface area (Å²) in [6, 6.07) is 18.3. The molecule has 0 amide bonds. The molecule has 4 heteroatoms. The van der Waals surface area contributed by atoms with Gasteiger partial charge in [-0.1, -0.05) is 75.1 Å². The highest BCUT2D eigenvalue weighted by molar-refractivity contribution is 5.73. The van der Waals surface area contributed by atoms with Gasteiger partial charge in [0.15, 0.2) is 11.5 Å². The number of unbranched alkanes of at least 4 members (excludes halogenated alkanes) is 3. The highest BCUT2D eigenvalue weighted by Gasteiger charge is 2.23. The van der Waals surface area contributed by atoms with Gasteiger partial charge in [-0.25, -0.2) is 0 Å². The third-order valence-electron chi connectivity index (χ3n) is 5.66. The van der Waals surface area contributed by atoms with Crippen LogP contribution >= 0.6 is 0 Å². The number of hydrogen-bond acceptors (Lipinski definition) is 4. The normalized spacial score (nSPS) is 17.3. The molecule has 0 radical (unpaired) electrons. The Labute approximate surface area is 181 Å². The van der Waals surface area contributed by atoms with E-state index >= 15 is 0 Å². The van der Waals surface area contributed by atoms with Crippen LogP contribution in [-0.4, -0.2) is 18.6 Å². The van der Waals surface area contributed by atoms with Gasteiger partial charge in [0.1, 0.15) is 6.10 Å². The Kier molecular flexibility index (Phi) is 9.23. The van der Waals surface area contributed by atoms with E-state index in [0.29, 0.717) is 24.0 Å². The Morgan fingerprint density at radius 1 is 1.00 bits per heavy atom. The van der Waals surface area contributed by atoms with Gasteiger partial charge in [-0.15, -0.1) is 0 Å². The van der Waals surface area contributed by atoms with Crippen molar-refractivity contribution in [2.24, 2.45) is 0 Å². The summed E-state index contributed by atoms with van der Waals surface area (Å²) in [6.07, 6.45) is 9.15. The van der Waals surface area contributed by atoms with Crippen LogP contribution in [0.2, 0.25) is 0 Å². The molecule has 2 atom stereocenters. The van der Waals surface area contributed by atoms with Crippen LogP contribution in [0.1, 0.15) is 76.4 Å². The van der Waals surface area contributed by atoms with Crippen molar-refractivity contribution in [1.29, 1.82) is 0 Å². The first-order chi connectivity index (χ1) is 14.8. The number of rotatable bonds is 11. The zero-order chi connectivity index (χ0) is 21.0. The second kappa shape index (κ2) is 12.4. The molecule has 1 N–H and O–H groups in total. The predicted octanol–water partition coefficient (Wildman–Crippen LogP) is 6.21. The lowest BCUT2D eigenvalue weighted by Crippen LogP contribution is -2.36. The number of hydrogen-bond donors (Lipinski definition) is 1. The largest absolute Gasteiger partial charge is 0.482 e. The van der Waals surface area contributed by atoms with Gasteiger partial charge in [0.25, 0.3) is 0 Å². The fourth-order valence-electron chi connectivity index (χ4n) is 3.96. The number of carbonyl (C=O) groups is 1. The van der Waals surface area contributed by atoms with Gasteiger partial charge < -0.3 is 14.8 Å². The number of benzene rings is 2. The third-order valence-corrected chi connectivity index (χ3v) is 5.66. The van der Waals surface area contributed by atoms with Crippen molar-refractivity contribution in [3.05, 3.63) is 60.2 Å². The number of nitrogens with one attached hydrogen (secondary N) is 1. The van der Waals surface area contributed by atoms with E-state index in [9.17, 15) is 4.79 Å². The molecule has 2 aromatic rings. The van der Waals surface area contributed by atoms with E-state index in [0.717, 1.165) is 44.2 Å². The molecular formula is C26H35NO3. The first-order valence-corrected chi connectivity index (χ1v) is 11.5. The minimum atomic E-state index is -0.188. The number of para-hydroxylation sites is 2. The van der Waals surface area contributed by atoms with Crippen molar-refractivity contribution in [3.8, 4) is 11.5 Å². The highest BCUT2D eigenvalue weighted by atomic mass is 16.6. The van der Waals surface area contributed by atoms with Crippen molar-refractivity contribution < 1.29 is 14.3 Å². The maximum atomic E-state index is 12.3. The van der Waals surface area contributed by atoms with E-state index in [-0.39, 0.29) is 12.1 Å². The first kappa shape index (κ1) is 22.4. The molecule has 162 valence electrons. The molecule has 1 heterocycles. The number of piperidine rings is 1. The molecule has 0 bridgehead atoms. The van der Waals surface area contributed by atoms with Gasteiger partial charge in [-0.3, -0.25) is 4.79 Å². The monoisotopic (exact) mass is 409 g/mol. The van der Waals surface area contributed by atoms with Crippen molar-refractivity contribution in [3.63, 3.8) is 0 Å². The lowest BCUT2D eigenvalue weighted by Gasteiger charge is -2.29. The van der Waals surface area contributed by atoms with Gasteiger partial charge in [0.05, 0.1) is 0 Å². The summed E-state index contributed by atoms with van der Waals surface area (Å²) in [5.74, 6) is 0.951. The van der Waals surface area contributed by atoms with Gasteiger partial charge >= 0.3 is 5.97 Å². The van der Waals surface area contributed by atoms with Crippen LogP contribution in [0.4, 0.5) is 0 Å². The zero-order valence-electron chi connectivity index (χ0n) is 18.1. The Morgan fingerprint density at radius 2 is 1.77 bits per heavy atom. The van der Waals surface area contributed by atoms with Crippen LogP contribution in [0.5, 0.6) is 11.5 Å². The zero-order valence-corrected chi connectivity index (χ0v) is 18.1. The molecule has 2 unspecified atom stereocenters. The molecule has 0 aromatic heterocycles.